The van der Waals surface area contributed by atoms with E-state index in [4.69, 9.17) is 9.84 Å². The first-order valence-electron chi connectivity index (χ1n) is 6.54. The summed E-state index contributed by atoms with van der Waals surface area (Å²) in [5, 5.41) is 8.88. The highest BCUT2D eigenvalue weighted by atomic mass is 19.1. The van der Waals surface area contributed by atoms with Crippen LogP contribution in [0, 0.1) is 5.82 Å². The van der Waals surface area contributed by atoms with Crippen LogP contribution in [-0.2, 0) is 6.61 Å². The van der Waals surface area contributed by atoms with Crippen LogP contribution in [0.15, 0.2) is 18.2 Å². The highest BCUT2D eigenvalue weighted by Gasteiger charge is 2.10. The summed E-state index contributed by atoms with van der Waals surface area (Å²) >= 11 is 0. The Labute approximate surface area is 107 Å². The first kappa shape index (κ1) is 13.3. The Morgan fingerprint density at radius 2 is 2.06 bits per heavy atom. The maximum atomic E-state index is 13.5. The molecule has 1 aromatic carbocycles. The maximum absolute atomic E-state index is 13.5. The molecule has 0 saturated carbocycles. The van der Waals surface area contributed by atoms with Crippen LogP contribution in [0.4, 0.5) is 4.39 Å². The molecule has 1 fully saturated rings. The zero-order chi connectivity index (χ0) is 12.8. The molecule has 0 spiro atoms. The summed E-state index contributed by atoms with van der Waals surface area (Å²) in [7, 11) is 0. The van der Waals surface area contributed by atoms with Gasteiger partial charge >= 0.3 is 0 Å². The summed E-state index contributed by atoms with van der Waals surface area (Å²) in [5.41, 5.74) is 0.567. The van der Waals surface area contributed by atoms with Gasteiger partial charge in [-0.05, 0) is 50.0 Å². The molecule has 0 aromatic heterocycles. The molecule has 0 unspecified atom stereocenters. The summed E-state index contributed by atoms with van der Waals surface area (Å²) < 4.78 is 18.9. The third-order valence-electron chi connectivity index (χ3n) is 3.25. The Balaban J connectivity index is 1.72. The minimum atomic E-state index is -0.400. The zero-order valence-electron chi connectivity index (χ0n) is 10.6. The predicted molar refractivity (Wildman–Crippen MR) is 68.1 cm³/mol. The summed E-state index contributed by atoms with van der Waals surface area (Å²) in [5.74, 6) is -0.128. The van der Waals surface area contributed by atoms with Crippen LogP contribution in [0.1, 0.15) is 24.8 Å². The second-order valence-electron chi connectivity index (χ2n) is 4.67. The predicted octanol–water partition coefficient (Wildman–Crippen LogP) is 2.18. The number of aliphatic hydroxyl groups excluding tert-OH is 1. The second kappa shape index (κ2) is 6.71. The van der Waals surface area contributed by atoms with Crippen molar-refractivity contribution < 1.29 is 14.2 Å². The van der Waals surface area contributed by atoms with Crippen molar-refractivity contribution in [3.05, 3.63) is 29.6 Å². The molecule has 1 N–H and O–H groups in total. The van der Waals surface area contributed by atoms with Crippen LogP contribution in [0.25, 0.3) is 0 Å². The molecule has 1 saturated heterocycles. The van der Waals surface area contributed by atoms with E-state index in [0.717, 1.165) is 13.0 Å². The van der Waals surface area contributed by atoms with E-state index >= 15 is 0 Å². The SMILES string of the molecule is OCc1ccc(OCCCN2CCCC2)c(F)c1. The molecule has 0 amide bonds. The van der Waals surface area contributed by atoms with E-state index in [9.17, 15) is 4.39 Å². The van der Waals surface area contributed by atoms with E-state index < -0.39 is 5.82 Å². The number of aliphatic hydroxyl groups is 1. The van der Waals surface area contributed by atoms with Gasteiger partial charge in [0, 0.05) is 6.54 Å². The van der Waals surface area contributed by atoms with Crippen LogP contribution in [0.5, 0.6) is 5.75 Å². The minimum absolute atomic E-state index is 0.147. The van der Waals surface area contributed by atoms with Gasteiger partial charge in [-0.3, -0.25) is 0 Å². The van der Waals surface area contributed by atoms with Gasteiger partial charge in [0.15, 0.2) is 11.6 Å². The Kier molecular flexibility index (Phi) is 4.96. The number of benzene rings is 1. The Morgan fingerprint density at radius 3 is 2.72 bits per heavy atom. The number of likely N-dealkylation sites (tertiary alicyclic amines) is 1. The highest BCUT2D eigenvalue weighted by molar-refractivity contribution is 5.28. The normalized spacial score (nSPS) is 16.1. The van der Waals surface area contributed by atoms with Crippen LogP contribution in [0.3, 0.4) is 0 Å². The molecule has 1 heterocycles. The fourth-order valence-corrected chi connectivity index (χ4v) is 2.24. The largest absolute Gasteiger partial charge is 0.490 e. The summed E-state index contributed by atoms with van der Waals surface area (Å²) in [6, 6.07) is 4.57. The minimum Gasteiger partial charge on any atom is -0.490 e. The van der Waals surface area contributed by atoms with Crippen molar-refractivity contribution in [1.29, 1.82) is 0 Å². The Hall–Kier alpha value is -1.13. The van der Waals surface area contributed by atoms with Gasteiger partial charge in [-0.1, -0.05) is 6.07 Å². The monoisotopic (exact) mass is 253 g/mol. The van der Waals surface area contributed by atoms with Gasteiger partial charge in [-0.15, -0.1) is 0 Å². The van der Waals surface area contributed by atoms with Crippen LogP contribution in [0.2, 0.25) is 0 Å². The standard InChI is InChI=1S/C14H20FNO2/c15-13-10-12(11-17)4-5-14(13)18-9-3-8-16-6-1-2-7-16/h4-5,10,17H,1-3,6-9,11H2. The van der Waals surface area contributed by atoms with Gasteiger partial charge in [0.25, 0.3) is 0 Å². The summed E-state index contributed by atoms with van der Waals surface area (Å²) in [6.45, 7) is 3.77. The number of halogens is 1. The van der Waals surface area contributed by atoms with E-state index in [1.807, 2.05) is 0 Å². The zero-order valence-corrected chi connectivity index (χ0v) is 10.6. The van der Waals surface area contributed by atoms with Crippen molar-refractivity contribution in [3.63, 3.8) is 0 Å². The van der Waals surface area contributed by atoms with Gasteiger partial charge in [0.2, 0.25) is 0 Å². The van der Waals surface area contributed by atoms with Crippen molar-refractivity contribution in [2.24, 2.45) is 0 Å². The molecule has 0 aliphatic carbocycles. The van der Waals surface area contributed by atoms with Crippen molar-refractivity contribution >= 4 is 0 Å². The van der Waals surface area contributed by atoms with Crippen molar-refractivity contribution in [2.75, 3.05) is 26.2 Å². The summed E-state index contributed by atoms with van der Waals surface area (Å²) in [6.07, 6.45) is 3.50. The van der Waals surface area contributed by atoms with Crippen LogP contribution in [-0.4, -0.2) is 36.2 Å². The van der Waals surface area contributed by atoms with Crippen molar-refractivity contribution in [2.45, 2.75) is 25.9 Å². The lowest BCUT2D eigenvalue weighted by Gasteiger charge is -2.14. The maximum Gasteiger partial charge on any atom is 0.165 e. The van der Waals surface area contributed by atoms with Crippen molar-refractivity contribution in [1.82, 2.24) is 4.90 Å². The van der Waals surface area contributed by atoms with E-state index in [2.05, 4.69) is 4.90 Å². The molecular formula is C14H20FNO2. The first-order valence-corrected chi connectivity index (χ1v) is 6.54. The number of ether oxygens (including phenoxy) is 1. The molecule has 1 aromatic rings. The average molecular weight is 253 g/mol. The van der Waals surface area contributed by atoms with Gasteiger partial charge < -0.3 is 14.7 Å². The van der Waals surface area contributed by atoms with E-state index in [1.54, 1.807) is 12.1 Å². The van der Waals surface area contributed by atoms with Gasteiger partial charge in [-0.2, -0.15) is 0 Å². The van der Waals surface area contributed by atoms with E-state index in [-0.39, 0.29) is 12.4 Å². The van der Waals surface area contributed by atoms with Crippen LogP contribution < -0.4 is 4.74 Å². The lowest BCUT2D eigenvalue weighted by atomic mass is 10.2. The van der Waals surface area contributed by atoms with E-state index in [0.29, 0.717) is 12.2 Å². The number of hydrogen-bond acceptors (Lipinski definition) is 3. The Morgan fingerprint density at radius 1 is 1.28 bits per heavy atom. The summed E-state index contributed by atoms with van der Waals surface area (Å²) in [4.78, 5) is 2.41. The third kappa shape index (κ3) is 3.68. The smallest absolute Gasteiger partial charge is 0.165 e. The molecule has 4 heteroatoms. The molecular weight excluding hydrogens is 233 g/mol. The molecule has 1 aliphatic heterocycles. The molecule has 100 valence electrons. The van der Waals surface area contributed by atoms with Crippen molar-refractivity contribution in [3.8, 4) is 5.75 Å². The fourth-order valence-electron chi connectivity index (χ4n) is 2.24. The highest BCUT2D eigenvalue weighted by Crippen LogP contribution is 2.18. The number of nitrogens with zero attached hydrogens (tertiary/aromatic N) is 1. The third-order valence-corrected chi connectivity index (χ3v) is 3.25. The fraction of sp³-hybridized carbons (Fsp3) is 0.571. The Bertz CT molecular complexity index is 378. The van der Waals surface area contributed by atoms with Crippen LogP contribution >= 0.6 is 0 Å². The van der Waals surface area contributed by atoms with Gasteiger partial charge in [0.05, 0.1) is 13.2 Å². The van der Waals surface area contributed by atoms with Gasteiger partial charge in [0.1, 0.15) is 0 Å². The molecule has 1 aliphatic rings. The quantitative estimate of drug-likeness (QED) is 0.789. The molecule has 18 heavy (non-hydrogen) atoms. The topological polar surface area (TPSA) is 32.7 Å². The molecule has 2 rings (SSSR count). The molecule has 0 atom stereocenters. The number of rotatable bonds is 6. The lowest BCUT2D eigenvalue weighted by Crippen LogP contribution is -2.22. The number of hydrogen-bond donors (Lipinski definition) is 1. The molecule has 0 bridgehead atoms. The van der Waals surface area contributed by atoms with E-state index in [1.165, 1.54) is 32.0 Å². The lowest BCUT2D eigenvalue weighted by molar-refractivity contribution is 0.254. The van der Waals surface area contributed by atoms with Gasteiger partial charge in [-0.25, -0.2) is 4.39 Å². The first-order chi connectivity index (χ1) is 8.79. The molecule has 0 radical (unpaired) electrons. The molecule has 3 nitrogen and oxygen atoms in total. The average Bonchev–Trinajstić information content (AvgIpc) is 2.89. The second-order valence-corrected chi connectivity index (χ2v) is 4.67.